The number of hydrogen-bond acceptors (Lipinski definition) is 0. The van der Waals surface area contributed by atoms with Gasteiger partial charge >= 0.3 is 0 Å². The second kappa shape index (κ2) is 3.77. The molecular weight excluding hydrogens is 247 g/mol. The number of halogens is 7. The van der Waals surface area contributed by atoms with E-state index in [1.54, 1.807) is 0 Å². The molecule has 0 aliphatic rings. The summed E-state index contributed by atoms with van der Waals surface area (Å²) in [5, 5.41) is 0. The van der Waals surface area contributed by atoms with Gasteiger partial charge in [-0.05, 0) is 0 Å². The molecule has 11 heavy (non-hydrogen) atoms. The van der Waals surface area contributed by atoms with E-state index < -0.39 is 21.8 Å². The van der Waals surface area contributed by atoms with E-state index in [-0.39, 0.29) is 0 Å². The number of hydrogen-bond donors (Lipinski definition) is 0. The molecule has 0 saturated heterocycles. The van der Waals surface area contributed by atoms with Gasteiger partial charge in [-0.2, -0.15) is 0 Å². The Hall–Kier alpha value is 0.950. The molecule has 0 aromatic carbocycles. The molecule has 0 spiro atoms. The summed E-state index contributed by atoms with van der Waals surface area (Å²) in [5.74, 6) is -0.879. The topological polar surface area (TPSA) is 0 Å². The van der Waals surface area contributed by atoms with E-state index in [9.17, 15) is 13.2 Å². The first kappa shape index (κ1) is 11.9. The fourth-order valence-corrected chi connectivity index (χ4v) is 0.994. The molecule has 0 fully saturated rings. The monoisotopic (exact) mass is 248 g/mol. The van der Waals surface area contributed by atoms with Crippen LogP contribution in [0.5, 0.6) is 0 Å². The quantitative estimate of drug-likeness (QED) is 0.671. The number of alkyl halides is 7. The third-order valence-corrected chi connectivity index (χ3v) is 3.00. The minimum absolute atomic E-state index is 0.879. The van der Waals surface area contributed by atoms with Crippen LogP contribution in [0.1, 0.15) is 0 Å². The summed E-state index contributed by atoms with van der Waals surface area (Å²) < 4.78 is 33.2. The van der Waals surface area contributed by atoms with Crippen LogP contribution in [0, 0.1) is 0 Å². The standard InChI is InChI=1S/C4H3Cl4F3/c5-1-3(6,2(9)10)4(7,8)11/h2H,1H2. The summed E-state index contributed by atoms with van der Waals surface area (Å²) in [5.41, 5.74) is 0. The van der Waals surface area contributed by atoms with Crippen molar-refractivity contribution in [2.24, 2.45) is 0 Å². The van der Waals surface area contributed by atoms with E-state index in [4.69, 9.17) is 46.4 Å². The maximum atomic E-state index is 12.5. The Labute approximate surface area is 81.5 Å². The van der Waals surface area contributed by atoms with Crippen LogP contribution < -0.4 is 0 Å². The molecule has 1 unspecified atom stereocenters. The van der Waals surface area contributed by atoms with Crippen molar-refractivity contribution in [3.63, 3.8) is 0 Å². The van der Waals surface area contributed by atoms with Crippen molar-refractivity contribution in [3.05, 3.63) is 0 Å². The van der Waals surface area contributed by atoms with E-state index in [2.05, 4.69) is 0 Å². The highest BCUT2D eigenvalue weighted by molar-refractivity contribution is 6.53. The molecule has 0 saturated carbocycles. The van der Waals surface area contributed by atoms with Crippen LogP contribution in [-0.2, 0) is 0 Å². The Balaban J connectivity index is 4.61. The first-order chi connectivity index (χ1) is 4.75. The van der Waals surface area contributed by atoms with Crippen molar-refractivity contribution >= 4 is 46.4 Å². The summed E-state index contributed by atoms with van der Waals surface area (Å²) in [4.78, 5) is -2.75. The third-order valence-electron chi connectivity index (χ3n) is 1.01. The predicted molar refractivity (Wildman–Crippen MR) is 40.9 cm³/mol. The van der Waals surface area contributed by atoms with E-state index >= 15 is 0 Å². The Morgan fingerprint density at radius 2 is 1.55 bits per heavy atom. The maximum absolute atomic E-state index is 12.5. The van der Waals surface area contributed by atoms with Crippen LogP contribution in [0.3, 0.4) is 0 Å². The molecule has 0 nitrogen and oxygen atoms in total. The van der Waals surface area contributed by atoms with Crippen LogP contribution >= 0.6 is 46.4 Å². The predicted octanol–water partition coefficient (Wildman–Crippen LogP) is 3.57. The summed E-state index contributed by atoms with van der Waals surface area (Å²) in [6.07, 6.45) is -3.23. The van der Waals surface area contributed by atoms with Crippen LogP contribution in [0.15, 0.2) is 0 Å². The van der Waals surface area contributed by atoms with Gasteiger partial charge in [0.05, 0.1) is 5.88 Å². The van der Waals surface area contributed by atoms with Crippen molar-refractivity contribution in [1.82, 2.24) is 0 Å². The molecule has 0 aromatic rings. The molecule has 68 valence electrons. The fourth-order valence-electron chi connectivity index (χ4n) is 0.258. The molecule has 0 aliphatic carbocycles. The Bertz CT molecular complexity index is 134. The Kier molecular flexibility index (Phi) is 4.10. The van der Waals surface area contributed by atoms with Crippen molar-refractivity contribution in [1.29, 1.82) is 0 Å². The first-order valence-corrected chi connectivity index (χ1v) is 4.02. The molecule has 0 aromatic heterocycles. The second-order valence-corrected chi connectivity index (χ2v) is 3.97. The normalized spacial score (nSPS) is 18.5. The van der Waals surface area contributed by atoms with Gasteiger partial charge in [0.1, 0.15) is 0 Å². The SMILES string of the molecule is FC(F)C(Cl)(CCl)C(F)(Cl)Cl. The number of rotatable bonds is 3. The highest BCUT2D eigenvalue weighted by Gasteiger charge is 2.55. The highest BCUT2D eigenvalue weighted by Crippen LogP contribution is 2.45. The molecule has 0 rings (SSSR count). The molecule has 0 radical (unpaired) electrons. The van der Waals surface area contributed by atoms with Crippen LogP contribution in [0.4, 0.5) is 13.2 Å². The molecule has 0 aliphatic heterocycles. The fraction of sp³-hybridized carbons (Fsp3) is 1.00. The summed E-state index contributed by atoms with van der Waals surface area (Å²) in [6.45, 7) is 0. The minimum atomic E-state index is -3.25. The van der Waals surface area contributed by atoms with Crippen molar-refractivity contribution in [2.75, 3.05) is 5.88 Å². The van der Waals surface area contributed by atoms with Crippen molar-refractivity contribution in [3.8, 4) is 0 Å². The summed E-state index contributed by atoms with van der Waals surface area (Å²) in [7, 11) is 0. The van der Waals surface area contributed by atoms with Gasteiger partial charge in [0, 0.05) is 0 Å². The average molecular weight is 250 g/mol. The van der Waals surface area contributed by atoms with Gasteiger partial charge in [-0.25, -0.2) is 13.2 Å². The lowest BCUT2D eigenvalue weighted by molar-refractivity contribution is 0.0698. The third kappa shape index (κ3) is 2.44. The lowest BCUT2D eigenvalue weighted by Gasteiger charge is -2.28. The second-order valence-electron chi connectivity index (χ2n) is 1.79. The van der Waals surface area contributed by atoms with E-state index in [0.717, 1.165) is 0 Å². The summed E-state index contributed by atoms with van der Waals surface area (Å²) >= 11 is 19.5. The van der Waals surface area contributed by atoms with Crippen LogP contribution in [0.2, 0.25) is 0 Å². The average Bonchev–Trinajstić information content (AvgIpc) is 1.83. The minimum Gasteiger partial charge on any atom is -0.208 e. The van der Waals surface area contributed by atoms with Crippen LogP contribution in [-0.4, -0.2) is 21.8 Å². The van der Waals surface area contributed by atoms with Gasteiger partial charge in [-0.15, -0.1) is 23.2 Å². The van der Waals surface area contributed by atoms with Gasteiger partial charge in [0.25, 0.3) is 11.0 Å². The van der Waals surface area contributed by atoms with Gasteiger partial charge in [0.2, 0.25) is 0 Å². The van der Waals surface area contributed by atoms with Gasteiger partial charge in [-0.3, -0.25) is 0 Å². The first-order valence-electron chi connectivity index (χ1n) is 2.35. The van der Waals surface area contributed by atoms with Gasteiger partial charge < -0.3 is 0 Å². The zero-order chi connectivity index (χ0) is 9.28. The molecule has 7 heteroatoms. The molecule has 0 bridgehead atoms. The summed E-state index contributed by atoms with van der Waals surface area (Å²) in [6, 6.07) is 0. The van der Waals surface area contributed by atoms with E-state index in [1.165, 1.54) is 0 Å². The van der Waals surface area contributed by atoms with E-state index in [1.807, 2.05) is 0 Å². The van der Waals surface area contributed by atoms with Crippen molar-refractivity contribution < 1.29 is 13.2 Å². The lowest BCUT2D eigenvalue weighted by Crippen LogP contribution is -2.46. The smallest absolute Gasteiger partial charge is 0.208 e. The molecule has 1 atom stereocenters. The zero-order valence-corrected chi connectivity index (χ0v) is 7.95. The molecule has 0 amide bonds. The molecular formula is C4H3Cl4F3. The molecule has 0 heterocycles. The van der Waals surface area contributed by atoms with Gasteiger partial charge in [-0.1, -0.05) is 23.2 Å². The van der Waals surface area contributed by atoms with Gasteiger partial charge in [0.15, 0.2) is 4.87 Å². The van der Waals surface area contributed by atoms with Crippen molar-refractivity contribution in [2.45, 2.75) is 15.9 Å². The lowest BCUT2D eigenvalue weighted by atomic mass is 10.2. The van der Waals surface area contributed by atoms with Crippen LogP contribution in [0.25, 0.3) is 0 Å². The Morgan fingerprint density at radius 1 is 1.18 bits per heavy atom. The maximum Gasteiger partial charge on any atom is 0.283 e. The van der Waals surface area contributed by atoms with E-state index in [0.29, 0.717) is 0 Å². The highest BCUT2D eigenvalue weighted by atomic mass is 35.5. The zero-order valence-electron chi connectivity index (χ0n) is 4.93. The molecule has 0 N–H and O–H groups in total. The Morgan fingerprint density at radius 3 is 1.55 bits per heavy atom. The largest absolute Gasteiger partial charge is 0.283 e.